The first kappa shape index (κ1) is 21.7. The number of nitrogens with one attached hydrogen (secondary N) is 1. The summed E-state index contributed by atoms with van der Waals surface area (Å²) in [5.74, 6) is -3.46. The second-order valence-corrected chi connectivity index (χ2v) is 9.17. The van der Waals surface area contributed by atoms with Crippen LogP contribution in [0.1, 0.15) is 39.3 Å². The van der Waals surface area contributed by atoms with Crippen LogP contribution in [0.4, 0.5) is 13.2 Å². The number of benzene rings is 1. The zero-order valence-corrected chi connectivity index (χ0v) is 17.7. The number of hydrogen-bond donors (Lipinski definition) is 2. The summed E-state index contributed by atoms with van der Waals surface area (Å²) in [6.45, 7) is -0.325. The molecule has 1 amide bonds. The first-order chi connectivity index (χ1) is 15.7. The summed E-state index contributed by atoms with van der Waals surface area (Å²) in [4.78, 5) is 39.1. The third-order valence-electron chi connectivity index (χ3n) is 7.56. The fourth-order valence-corrected chi connectivity index (χ4v) is 5.83. The highest BCUT2D eigenvalue weighted by atomic mass is 19.1. The van der Waals surface area contributed by atoms with Crippen LogP contribution in [0.2, 0.25) is 0 Å². The van der Waals surface area contributed by atoms with Gasteiger partial charge in [0.15, 0.2) is 12.0 Å². The van der Waals surface area contributed by atoms with Gasteiger partial charge in [-0.3, -0.25) is 19.3 Å². The molecule has 5 rings (SSSR count). The van der Waals surface area contributed by atoms with E-state index < -0.39 is 52.2 Å². The lowest BCUT2D eigenvalue weighted by Gasteiger charge is -2.32. The lowest BCUT2D eigenvalue weighted by molar-refractivity contribution is 0.0945. The molecule has 3 aliphatic rings. The number of piperidine rings is 1. The molecule has 10 heteroatoms. The van der Waals surface area contributed by atoms with E-state index in [2.05, 4.69) is 10.2 Å². The van der Waals surface area contributed by atoms with Gasteiger partial charge in [-0.15, -0.1) is 0 Å². The number of aromatic nitrogens is 1. The van der Waals surface area contributed by atoms with Gasteiger partial charge in [-0.25, -0.2) is 13.2 Å². The lowest BCUT2D eigenvalue weighted by atomic mass is 9.96. The Morgan fingerprint density at radius 1 is 1.18 bits per heavy atom. The molecule has 33 heavy (non-hydrogen) atoms. The highest BCUT2D eigenvalue weighted by Crippen LogP contribution is 2.63. The van der Waals surface area contributed by atoms with E-state index in [0.717, 1.165) is 12.3 Å². The molecule has 0 radical (unpaired) electrons. The maximum Gasteiger partial charge on any atom is 0.257 e. The van der Waals surface area contributed by atoms with Crippen LogP contribution >= 0.6 is 0 Å². The molecule has 3 fully saturated rings. The summed E-state index contributed by atoms with van der Waals surface area (Å²) in [6.07, 6.45) is 3.83. The van der Waals surface area contributed by atoms with Crippen molar-refractivity contribution in [2.75, 3.05) is 7.05 Å². The summed E-state index contributed by atoms with van der Waals surface area (Å²) < 4.78 is 42.2. The molecule has 1 aromatic heterocycles. The number of nitrogens with zero attached hydrogens (tertiary/aromatic N) is 2. The van der Waals surface area contributed by atoms with Gasteiger partial charge in [0.2, 0.25) is 5.43 Å². The smallest absolute Gasteiger partial charge is 0.257 e. The number of carbonyl (C=O) groups excluding carboxylic acids is 2. The molecule has 2 bridgehead atoms. The van der Waals surface area contributed by atoms with Crippen molar-refractivity contribution in [3.8, 4) is 5.75 Å². The minimum atomic E-state index is -1.18. The van der Waals surface area contributed by atoms with Gasteiger partial charge in [-0.1, -0.05) is 0 Å². The van der Waals surface area contributed by atoms with E-state index in [4.69, 9.17) is 0 Å². The summed E-state index contributed by atoms with van der Waals surface area (Å²) in [5.41, 5.74) is -2.32. The Morgan fingerprint density at radius 2 is 1.88 bits per heavy atom. The van der Waals surface area contributed by atoms with Crippen molar-refractivity contribution >= 4 is 12.2 Å². The Balaban J connectivity index is 1.41. The number of pyridine rings is 1. The number of likely N-dealkylation sites (N-methyl/N-ethyl adjacent to an activating group) is 1. The van der Waals surface area contributed by atoms with E-state index in [9.17, 15) is 32.7 Å². The number of aromatic hydroxyl groups is 1. The minimum absolute atomic E-state index is 0.0951. The van der Waals surface area contributed by atoms with Crippen molar-refractivity contribution in [3.63, 3.8) is 0 Å². The predicted octanol–water partition coefficient (Wildman–Crippen LogP) is 2.05. The standard InChI is InChI=1S/C23H22F3N3O4/c1-28-18-5-13(11-4-12(11)18)19(28)8-29-7-15(21(31)22(32)20(29)9-30)23(33)27-6-14-16(25)2-10(24)3-17(14)26/h2-3,7,9,11-13,18-19,32H,4-6,8H2,1H3,(H,27,33). The van der Waals surface area contributed by atoms with Gasteiger partial charge in [-0.05, 0) is 37.6 Å². The zero-order valence-electron chi connectivity index (χ0n) is 17.7. The molecule has 5 unspecified atom stereocenters. The van der Waals surface area contributed by atoms with Crippen LogP contribution in [-0.4, -0.2) is 45.9 Å². The molecule has 2 heterocycles. The van der Waals surface area contributed by atoms with Crippen LogP contribution in [0.3, 0.4) is 0 Å². The molecular weight excluding hydrogens is 439 g/mol. The fraction of sp³-hybridized carbons (Fsp3) is 0.435. The maximum absolute atomic E-state index is 13.9. The lowest BCUT2D eigenvalue weighted by Crippen LogP contribution is -2.42. The number of amides is 1. The normalized spacial score (nSPS) is 27.5. The van der Waals surface area contributed by atoms with Crippen LogP contribution in [0.15, 0.2) is 23.1 Å². The average molecular weight is 461 g/mol. The van der Waals surface area contributed by atoms with Gasteiger partial charge in [0.05, 0.1) is 0 Å². The first-order valence-corrected chi connectivity index (χ1v) is 10.8. The Hall–Kier alpha value is -3.14. The largest absolute Gasteiger partial charge is 0.503 e. The van der Waals surface area contributed by atoms with Gasteiger partial charge in [-0.2, -0.15) is 0 Å². The van der Waals surface area contributed by atoms with E-state index in [1.807, 2.05) is 7.05 Å². The van der Waals surface area contributed by atoms with Crippen LogP contribution in [0.5, 0.6) is 5.75 Å². The van der Waals surface area contributed by atoms with Crippen molar-refractivity contribution in [2.24, 2.45) is 17.8 Å². The molecule has 5 atom stereocenters. The van der Waals surface area contributed by atoms with E-state index in [-0.39, 0.29) is 11.7 Å². The average Bonchev–Trinajstić information content (AvgIpc) is 3.39. The second kappa shape index (κ2) is 7.72. The summed E-state index contributed by atoms with van der Waals surface area (Å²) >= 11 is 0. The molecule has 7 nitrogen and oxygen atoms in total. The summed E-state index contributed by atoms with van der Waals surface area (Å²) in [5, 5.41) is 12.6. The highest BCUT2D eigenvalue weighted by Gasteiger charge is 2.63. The predicted molar refractivity (Wildman–Crippen MR) is 110 cm³/mol. The van der Waals surface area contributed by atoms with E-state index in [1.54, 1.807) is 0 Å². The second-order valence-electron chi connectivity index (χ2n) is 9.17. The number of halogens is 3. The molecule has 2 aliphatic carbocycles. The zero-order chi connectivity index (χ0) is 23.6. The van der Waals surface area contributed by atoms with Crippen LogP contribution in [0.25, 0.3) is 0 Å². The van der Waals surface area contributed by atoms with Crippen molar-refractivity contribution in [1.29, 1.82) is 0 Å². The molecule has 0 spiro atoms. The SMILES string of the molecule is CN1C2CC(C3CC32)C1Cn1cc(C(=O)NCc2c(F)cc(F)cc2F)c(=O)c(O)c1C=O. The maximum atomic E-state index is 13.9. The van der Waals surface area contributed by atoms with Crippen molar-refractivity contribution in [3.05, 3.63) is 62.8 Å². The minimum Gasteiger partial charge on any atom is -0.503 e. The van der Waals surface area contributed by atoms with Crippen molar-refractivity contribution in [2.45, 2.75) is 38.0 Å². The Bertz CT molecular complexity index is 1210. The third-order valence-corrected chi connectivity index (χ3v) is 7.56. The molecular formula is C23H22F3N3O4. The number of carbonyl (C=O) groups is 2. The first-order valence-electron chi connectivity index (χ1n) is 10.8. The number of fused-ring (bicyclic) bond motifs is 5. The fourth-order valence-electron chi connectivity index (χ4n) is 5.83. The molecule has 1 saturated heterocycles. The summed E-state index contributed by atoms with van der Waals surface area (Å²) in [6, 6.07) is 1.55. The monoisotopic (exact) mass is 461 g/mol. The van der Waals surface area contributed by atoms with Crippen LogP contribution < -0.4 is 10.7 Å². The van der Waals surface area contributed by atoms with Crippen LogP contribution in [0, 0.1) is 35.2 Å². The van der Waals surface area contributed by atoms with Gasteiger partial charge in [0.25, 0.3) is 5.91 Å². The van der Waals surface area contributed by atoms with Crippen molar-refractivity contribution < 1.29 is 27.9 Å². The number of hydrogen-bond acceptors (Lipinski definition) is 5. The number of likely N-dealkylation sites (tertiary alicyclic amines) is 1. The number of rotatable bonds is 6. The number of aldehydes is 1. The Morgan fingerprint density at radius 3 is 2.52 bits per heavy atom. The molecule has 174 valence electrons. The van der Waals surface area contributed by atoms with Gasteiger partial charge < -0.3 is 15.0 Å². The van der Waals surface area contributed by atoms with Crippen molar-refractivity contribution in [1.82, 2.24) is 14.8 Å². The Labute approximate surface area is 186 Å². The molecule has 2 saturated carbocycles. The van der Waals surface area contributed by atoms with Gasteiger partial charge in [0.1, 0.15) is 28.7 Å². The van der Waals surface area contributed by atoms with Crippen LogP contribution in [-0.2, 0) is 13.1 Å². The van der Waals surface area contributed by atoms with Gasteiger partial charge in [0, 0.05) is 49.1 Å². The van der Waals surface area contributed by atoms with E-state index >= 15 is 0 Å². The highest BCUT2D eigenvalue weighted by molar-refractivity contribution is 5.95. The van der Waals surface area contributed by atoms with Gasteiger partial charge >= 0.3 is 0 Å². The third kappa shape index (κ3) is 3.43. The van der Waals surface area contributed by atoms with E-state index in [0.29, 0.717) is 42.8 Å². The molecule has 1 aromatic carbocycles. The summed E-state index contributed by atoms with van der Waals surface area (Å²) in [7, 11) is 2.02. The molecule has 1 aliphatic heterocycles. The molecule has 2 N–H and O–H groups in total. The topological polar surface area (TPSA) is 91.6 Å². The molecule has 2 aromatic rings. The Kier molecular flexibility index (Phi) is 5.08. The quantitative estimate of drug-likeness (QED) is 0.643. The van der Waals surface area contributed by atoms with E-state index in [1.165, 1.54) is 17.2 Å².